The molecule has 3 heteroatoms. The van der Waals surface area contributed by atoms with E-state index in [0.29, 0.717) is 0 Å². The largest absolute Gasteiger partial charge is 0.296 e. The van der Waals surface area contributed by atoms with Crippen LogP contribution >= 0.6 is 0 Å². The lowest BCUT2D eigenvalue weighted by Gasteiger charge is -2.48. The Morgan fingerprint density at radius 2 is 1.90 bits per heavy atom. The molecule has 1 heterocycles. The normalized spacial score (nSPS) is 21.0. The van der Waals surface area contributed by atoms with Crippen molar-refractivity contribution in [3.8, 4) is 0 Å². The van der Waals surface area contributed by atoms with Crippen molar-refractivity contribution in [3.05, 3.63) is 35.4 Å². The Labute approximate surface area is 129 Å². The highest BCUT2D eigenvalue weighted by Crippen LogP contribution is 2.29. The van der Waals surface area contributed by atoms with E-state index in [9.17, 15) is 0 Å². The number of nitrogens with zero attached hydrogens (tertiary/aromatic N) is 1. The smallest absolute Gasteiger partial charge is 0.0432 e. The van der Waals surface area contributed by atoms with E-state index in [2.05, 4.69) is 55.4 Å². The predicted octanol–water partition coefficient (Wildman–Crippen LogP) is 3.02. The number of benzene rings is 1. The topological polar surface area (TPSA) is 41.3 Å². The van der Waals surface area contributed by atoms with Crippen LogP contribution in [0.5, 0.6) is 0 Å². The third-order valence-electron chi connectivity index (χ3n) is 5.43. The van der Waals surface area contributed by atoms with Crippen LogP contribution in [0.15, 0.2) is 24.3 Å². The summed E-state index contributed by atoms with van der Waals surface area (Å²) in [6.45, 7) is 9.26. The second-order valence-electron chi connectivity index (χ2n) is 6.61. The summed E-state index contributed by atoms with van der Waals surface area (Å²) in [5, 5.41) is 0. The van der Waals surface area contributed by atoms with Crippen LogP contribution in [0.3, 0.4) is 0 Å². The minimum atomic E-state index is 0.122. The quantitative estimate of drug-likeness (QED) is 0.625. The lowest BCUT2D eigenvalue weighted by molar-refractivity contribution is 0.0429. The summed E-state index contributed by atoms with van der Waals surface area (Å²) in [5.41, 5.74) is 6.00. The second-order valence-corrected chi connectivity index (χ2v) is 6.61. The van der Waals surface area contributed by atoms with Gasteiger partial charge in [-0.2, -0.15) is 0 Å². The highest BCUT2D eigenvalue weighted by molar-refractivity contribution is 5.27. The number of likely N-dealkylation sites (tertiary alicyclic amines) is 1. The van der Waals surface area contributed by atoms with Crippen LogP contribution in [0.1, 0.15) is 50.7 Å². The molecular formula is C18H31N3. The van der Waals surface area contributed by atoms with Crippen LogP contribution in [0.2, 0.25) is 0 Å². The maximum atomic E-state index is 5.96. The van der Waals surface area contributed by atoms with Crippen molar-refractivity contribution in [1.29, 1.82) is 0 Å². The van der Waals surface area contributed by atoms with Gasteiger partial charge in [-0.05, 0) is 63.7 Å². The van der Waals surface area contributed by atoms with Gasteiger partial charge in [-0.3, -0.25) is 16.2 Å². The molecule has 0 aromatic heterocycles. The summed E-state index contributed by atoms with van der Waals surface area (Å²) in [7, 11) is 0. The molecule has 2 atom stereocenters. The van der Waals surface area contributed by atoms with Gasteiger partial charge in [0.05, 0.1) is 0 Å². The van der Waals surface area contributed by atoms with Crippen LogP contribution in [0, 0.1) is 6.92 Å². The number of rotatable bonds is 6. The van der Waals surface area contributed by atoms with Gasteiger partial charge in [0, 0.05) is 11.6 Å². The van der Waals surface area contributed by atoms with Gasteiger partial charge in [-0.15, -0.1) is 0 Å². The van der Waals surface area contributed by atoms with Crippen LogP contribution < -0.4 is 11.3 Å². The predicted molar refractivity (Wildman–Crippen MR) is 90.1 cm³/mol. The SMILES string of the molecule is CCC(C)(C(Cc1ccccc1C)NN)N1CCCCC1. The first-order chi connectivity index (χ1) is 10.1. The summed E-state index contributed by atoms with van der Waals surface area (Å²) in [5.74, 6) is 5.96. The van der Waals surface area contributed by atoms with E-state index in [0.717, 1.165) is 12.8 Å². The lowest BCUT2D eigenvalue weighted by Crippen LogP contribution is -2.62. The van der Waals surface area contributed by atoms with Gasteiger partial charge in [0.2, 0.25) is 0 Å². The summed E-state index contributed by atoms with van der Waals surface area (Å²) in [4.78, 5) is 2.65. The van der Waals surface area contributed by atoms with Crippen molar-refractivity contribution in [1.82, 2.24) is 10.3 Å². The number of nitrogens with two attached hydrogens (primary N) is 1. The molecule has 2 rings (SSSR count). The van der Waals surface area contributed by atoms with Crippen molar-refractivity contribution in [2.75, 3.05) is 13.1 Å². The van der Waals surface area contributed by atoms with E-state index in [4.69, 9.17) is 5.84 Å². The van der Waals surface area contributed by atoms with Gasteiger partial charge in [-0.25, -0.2) is 0 Å². The third kappa shape index (κ3) is 3.65. The van der Waals surface area contributed by atoms with Crippen molar-refractivity contribution >= 4 is 0 Å². The van der Waals surface area contributed by atoms with Crippen molar-refractivity contribution in [2.45, 2.75) is 64.5 Å². The van der Waals surface area contributed by atoms with E-state index in [-0.39, 0.29) is 11.6 Å². The number of hydrogen-bond donors (Lipinski definition) is 2. The zero-order valence-electron chi connectivity index (χ0n) is 13.9. The zero-order chi connectivity index (χ0) is 15.3. The molecule has 3 nitrogen and oxygen atoms in total. The van der Waals surface area contributed by atoms with E-state index < -0.39 is 0 Å². The van der Waals surface area contributed by atoms with Gasteiger partial charge >= 0.3 is 0 Å². The molecule has 0 radical (unpaired) electrons. The molecule has 0 bridgehead atoms. The summed E-state index contributed by atoms with van der Waals surface area (Å²) < 4.78 is 0. The van der Waals surface area contributed by atoms with Gasteiger partial charge in [0.25, 0.3) is 0 Å². The average molecular weight is 289 g/mol. The Hall–Kier alpha value is -0.900. The number of nitrogens with one attached hydrogen (secondary N) is 1. The molecule has 0 amide bonds. The minimum absolute atomic E-state index is 0.122. The fraction of sp³-hybridized carbons (Fsp3) is 0.667. The van der Waals surface area contributed by atoms with E-state index in [1.165, 1.54) is 43.5 Å². The van der Waals surface area contributed by atoms with E-state index in [1.807, 2.05) is 0 Å². The Morgan fingerprint density at radius 1 is 1.24 bits per heavy atom. The van der Waals surface area contributed by atoms with E-state index >= 15 is 0 Å². The lowest BCUT2D eigenvalue weighted by atomic mass is 9.82. The van der Waals surface area contributed by atoms with E-state index in [1.54, 1.807) is 0 Å². The first kappa shape index (κ1) is 16.5. The fourth-order valence-corrected chi connectivity index (χ4v) is 3.61. The standard InChI is InChI=1S/C18H31N3/c1-4-18(3,21-12-8-5-9-13-21)17(20-19)14-16-11-7-6-10-15(16)2/h6-7,10-11,17,20H,4-5,8-9,12-14,19H2,1-3H3. The second kappa shape index (κ2) is 7.39. The molecule has 0 saturated carbocycles. The average Bonchev–Trinajstić information content (AvgIpc) is 2.54. The fourth-order valence-electron chi connectivity index (χ4n) is 3.61. The third-order valence-corrected chi connectivity index (χ3v) is 5.43. The number of hydrazine groups is 1. The molecule has 1 aliphatic heterocycles. The first-order valence-corrected chi connectivity index (χ1v) is 8.37. The number of hydrogen-bond acceptors (Lipinski definition) is 3. The maximum absolute atomic E-state index is 5.96. The molecule has 0 aliphatic carbocycles. The maximum Gasteiger partial charge on any atom is 0.0432 e. The molecule has 2 unspecified atom stereocenters. The highest BCUT2D eigenvalue weighted by Gasteiger charge is 2.38. The highest BCUT2D eigenvalue weighted by atomic mass is 15.3. The Morgan fingerprint density at radius 3 is 2.48 bits per heavy atom. The summed E-state index contributed by atoms with van der Waals surface area (Å²) in [6.07, 6.45) is 6.11. The molecule has 1 saturated heterocycles. The number of aryl methyl sites for hydroxylation is 1. The molecule has 1 aromatic rings. The molecule has 118 valence electrons. The Balaban J connectivity index is 2.18. The molecule has 1 aliphatic rings. The zero-order valence-corrected chi connectivity index (χ0v) is 13.9. The molecule has 1 fully saturated rings. The van der Waals surface area contributed by atoms with Crippen molar-refractivity contribution in [3.63, 3.8) is 0 Å². The molecular weight excluding hydrogens is 258 g/mol. The molecule has 1 aromatic carbocycles. The van der Waals surface area contributed by atoms with Crippen molar-refractivity contribution < 1.29 is 0 Å². The van der Waals surface area contributed by atoms with Crippen LogP contribution in [0.25, 0.3) is 0 Å². The van der Waals surface area contributed by atoms with Gasteiger partial charge in [0.1, 0.15) is 0 Å². The van der Waals surface area contributed by atoms with Crippen LogP contribution in [0.4, 0.5) is 0 Å². The minimum Gasteiger partial charge on any atom is -0.296 e. The first-order valence-electron chi connectivity index (χ1n) is 8.37. The Kier molecular flexibility index (Phi) is 5.80. The molecule has 0 spiro atoms. The van der Waals surface area contributed by atoms with Crippen molar-refractivity contribution in [2.24, 2.45) is 5.84 Å². The van der Waals surface area contributed by atoms with Gasteiger partial charge in [-0.1, -0.05) is 37.6 Å². The molecule has 3 N–H and O–H groups in total. The van der Waals surface area contributed by atoms with Gasteiger partial charge < -0.3 is 0 Å². The van der Waals surface area contributed by atoms with Crippen LogP contribution in [-0.2, 0) is 6.42 Å². The molecule has 21 heavy (non-hydrogen) atoms. The van der Waals surface area contributed by atoms with Crippen LogP contribution in [-0.4, -0.2) is 29.6 Å². The summed E-state index contributed by atoms with van der Waals surface area (Å²) in [6, 6.07) is 8.92. The Bertz CT molecular complexity index is 440. The summed E-state index contributed by atoms with van der Waals surface area (Å²) >= 11 is 0. The number of piperidine rings is 1. The monoisotopic (exact) mass is 289 g/mol. The van der Waals surface area contributed by atoms with Gasteiger partial charge in [0.15, 0.2) is 0 Å².